The number of carboxylic acid groups (broad SMARTS) is 1. The van der Waals surface area contributed by atoms with Crippen molar-refractivity contribution in [3.05, 3.63) is 50.4 Å². The van der Waals surface area contributed by atoms with Crippen LogP contribution in [0.15, 0.2) is 34.8 Å². The van der Waals surface area contributed by atoms with E-state index in [1.165, 1.54) is 17.4 Å². The predicted molar refractivity (Wildman–Crippen MR) is 77.1 cm³/mol. The van der Waals surface area contributed by atoms with Crippen molar-refractivity contribution in [2.24, 2.45) is 0 Å². The van der Waals surface area contributed by atoms with Crippen LogP contribution in [0.25, 0.3) is 0 Å². The molecule has 2 aromatic rings. The maximum Gasteiger partial charge on any atom is 0.308 e. The van der Waals surface area contributed by atoms with Crippen molar-refractivity contribution in [2.45, 2.75) is 13.0 Å². The number of benzene rings is 1. The van der Waals surface area contributed by atoms with Crippen molar-refractivity contribution in [3.8, 4) is 0 Å². The lowest BCUT2D eigenvalue weighted by Crippen LogP contribution is -2.00. The summed E-state index contributed by atoms with van der Waals surface area (Å²) >= 11 is 4.69. The van der Waals surface area contributed by atoms with Crippen LogP contribution < -0.4 is 5.32 Å². The topological polar surface area (TPSA) is 49.3 Å². The maximum absolute atomic E-state index is 13.6. The highest BCUT2D eigenvalue weighted by Gasteiger charge is 2.08. The fourth-order valence-corrected chi connectivity index (χ4v) is 3.03. The number of rotatable bonds is 5. The van der Waals surface area contributed by atoms with Gasteiger partial charge in [0.15, 0.2) is 0 Å². The lowest BCUT2D eigenvalue weighted by Gasteiger charge is -2.08. The Kier molecular flexibility index (Phi) is 4.55. The number of carbonyl (C=O) groups is 1. The molecule has 2 N–H and O–H groups in total. The Balaban J connectivity index is 2.02. The van der Waals surface area contributed by atoms with E-state index in [-0.39, 0.29) is 12.2 Å². The molecule has 0 spiro atoms. The van der Waals surface area contributed by atoms with E-state index in [0.717, 1.165) is 9.75 Å². The molecule has 0 amide bonds. The molecule has 0 radical (unpaired) electrons. The van der Waals surface area contributed by atoms with Gasteiger partial charge in [-0.3, -0.25) is 4.79 Å². The second kappa shape index (κ2) is 6.16. The van der Waals surface area contributed by atoms with Crippen molar-refractivity contribution < 1.29 is 14.3 Å². The van der Waals surface area contributed by atoms with Crippen LogP contribution in [0.2, 0.25) is 0 Å². The van der Waals surface area contributed by atoms with Gasteiger partial charge in [-0.05, 0) is 40.2 Å². The molecule has 2 rings (SSSR count). The van der Waals surface area contributed by atoms with Gasteiger partial charge in [0.25, 0.3) is 0 Å². The first-order valence-electron chi connectivity index (χ1n) is 5.53. The van der Waals surface area contributed by atoms with Crippen molar-refractivity contribution in [3.63, 3.8) is 0 Å². The number of nitrogens with one attached hydrogen (secondary N) is 1. The third-order valence-corrected chi connectivity index (χ3v) is 4.19. The number of para-hydroxylation sites is 1. The number of halogens is 2. The molecular weight excluding hydrogens is 333 g/mol. The molecule has 0 fully saturated rings. The zero-order valence-corrected chi connectivity index (χ0v) is 12.2. The number of thiophene rings is 1. The molecule has 3 nitrogen and oxygen atoms in total. The van der Waals surface area contributed by atoms with Crippen LogP contribution in [0, 0.1) is 5.82 Å². The molecule has 0 saturated heterocycles. The Morgan fingerprint density at radius 3 is 2.74 bits per heavy atom. The molecule has 0 saturated carbocycles. The summed E-state index contributed by atoms with van der Waals surface area (Å²) < 4.78 is 14.2. The van der Waals surface area contributed by atoms with E-state index in [4.69, 9.17) is 5.11 Å². The lowest BCUT2D eigenvalue weighted by atomic mass is 10.3. The summed E-state index contributed by atoms with van der Waals surface area (Å²) in [5, 5.41) is 11.7. The van der Waals surface area contributed by atoms with E-state index < -0.39 is 5.97 Å². The molecule has 19 heavy (non-hydrogen) atoms. The van der Waals surface area contributed by atoms with Crippen LogP contribution in [-0.4, -0.2) is 11.1 Å². The zero-order valence-electron chi connectivity index (χ0n) is 9.82. The van der Waals surface area contributed by atoms with Crippen molar-refractivity contribution in [2.75, 3.05) is 5.32 Å². The molecule has 0 atom stereocenters. The second-order valence-corrected chi connectivity index (χ2v) is 6.00. The molecule has 0 aliphatic carbocycles. The number of anilines is 1. The number of carboxylic acids is 1. The Morgan fingerprint density at radius 2 is 2.05 bits per heavy atom. The van der Waals surface area contributed by atoms with E-state index in [1.807, 2.05) is 6.07 Å². The third-order valence-electron chi connectivity index (χ3n) is 2.44. The molecule has 0 aliphatic rings. The molecule has 1 aromatic heterocycles. The molecule has 1 heterocycles. The molecule has 0 unspecified atom stereocenters. The van der Waals surface area contributed by atoms with Gasteiger partial charge in [-0.2, -0.15) is 0 Å². The summed E-state index contributed by atoms with van der Waals surface area (Å²) in [6.45, 7) is 0.462. The van der Waals surface area contributed by atoms with Gasteiger partial charge in [-0.1, -0.05) is 6.07 Å². The van der Waals surface area contributed by atoms with Crippen LogP contribution in [0.4, 0.5) is 10.1 Å². The Hall–Kier alpha value is -1.40. The van der Waals surface area contributed by atoms with Crippen molar-refractivity contribution >= 4 is 38.9 Å². The fraction of sp³-hybridized carbons (Fsp3) is 0.154. The molecule has 0 aliphatic heterocycles. The highest BCUT2D eigenvalue weighted by atomic mass is 79.9. The van der Waals surface area contributed by atoms with Crippen molar-refractivity contribution in [1.82, 2.24) is 0 Å². The van der Waals surface area contributed by atoms with E-state index in [0.29, 0.717) is 16.7 Å². The van der Waals surface area contributed by atoms with Gasteiger partial charge in [0.05, 0.1) is 12.1 Å². The van der Waals surface area contributed by atoms with Crippen LogP contribution in [-0.2, 0) is 17.8 Å². The van der Waals surface area contributed by atoms with Gasteiger partial charge in [-0.25, -0.2) is 4.39 Å². The second-order valence-electron chi connectivity index (χ2n) is 3.89. The Bertz CT molecular complexity index is 580. The summed E-state index contributed by atoms with van der Waals surface area (Å²) in [5.41, 5.74) is 0.413. The molecule has 6 heteroatoms. The Labute approximate surface area is 122 Å². The van der Waals surface area contributed by atoms with Crippen LogP contribution >= 0.6 is 27.3 Å². The number of aliphatic carboxylic acids is 1. The average molecular weight is 344 g/mol. The average Bonchev–Trinajstić information content (AvgIpc) is 2.75. The summed E-state index contributed by atoms with van der Waals surface area (Å²) in [5.74, 6) is -1.17. The lowest BCUT2D eigenvalue weighted by molar-refractivity contribution is -0.136. The fourth-order valence-electron chi connectivity index (χ4n) is 1.60. The summed E-state index contributed by atoms with van der Waals surface area (Å²) in [7, 11) is 0. The van der Waals surface area contributed by atoms with Crippen LogP contribution in [0.5, 0.6) is 0 Å². The van der Waals surface area contributed by atoms with Gasteiger partial charge in [0.1, 0.15) is 5.82 Å². The third kappa shape index (κ3) is 3.78. The minimum atomic E-state index is -0.849. The van der Waals surface area contributed by atoms with Gasteiger partial charge in [-0.15, -0.1) is 11.3 Å². The van der Waals surface area contributed by atoms with Gasteiger partial charge < -0.3 is 10.4 Å². The monoisotopic (exact) mass is 343 g/mol. The highest BCUT2D eigenvalue weighted by Crippen LogP contribution is 2.26. The number of hydrogen-bond donors (Lipinski definition) is 2. The normalized spacial score (nSPS) is 10.4. The SMILES string of the molecule is O=C(O)Cc1ccc(CNc2c(F)cccc2Br)s1. The van der Waals surface area contributed by atoms with Crippen LogP contribution in [0.1, 0.15) is 9.75 Å². The quantitative estimate of drug-likeness (QED) is 0.865. The zero-order chi connectivity index (χ0) is 13.8. The molecular formula is C13H11BrFNO2S. The molecule has 100 valence electrons. The van der Waals surface area contributed by atoms with E-state index in [1.54, 1.807) is 18.2 Å². The largest absolute Gasteiger partial charge is 0.481 e. The maximum atomic E-state index is 13.6. The van der Waals surface area contributed by atoms with Crippen LogP contribution in [0.3, 0.4) is 0 Å². The molecule has 0 bridgehead atoms. The minimum absolute atomic E-state index is 0.0219. The van der Waals surface area contributed by atoms with Gasteiger partial charge >= 0.3 is 5.97 Å². The summed E-state index contributed by atoms with van der Waals surface area (Å²) in [6, 6.07) is 8.41. The predicted octanol–water partition coefficient (Wildman–Crippen LogP) is 3.89. The van der Waals surface area contributed by atoms with Gasteiger partial charge in [0, 0.05) is 20.8 Å². The smallest absolute Gasteiger partial charge is 0.308 e. The van der Waals surface area contributed by atoms with E-state index in [9.17, 15) is 9.18 Å². The highest BCUT2D eigenvalue weighted by molar-refractivity contribution is 9.10. The Morgan fingerprint density at radius 1 is 1.32 bits per heavy atom. The van der Waals surface area contributed by atoms with Crippen molar-refractivity contribution in [1.29, 1.82) is 0 Å². The summed E-state index contributed by atoms with van der Waals surface area (Å²) in [4.78, 5) is 12.3. The first-order valence-corrected chi connectivity index (χ1v) is 7.14. The first-order chi connectivity index (χ1) is 9.06. The van der Waals surface area contributed by atoms with E-state index in [2.05, 4.69) is 21.2 Å². The summed E-state index contributed by atoms with van der Waals surface area (Å²) in [6.07, 6.45) is 0.0219. The molecule has 1 aromatic carbocycles. The standard InChI is InChI=1S/C13H11BrFNO2S/c14-10-2-1-3-11(15)13(10)16-7-9-5-4-8(19-9)6-12(17)18/h1-5,16H,6-7H2,(H,17,18). The van der Waals surface area contributed by atoms with E-state index >= 15 is 0 Å². The number of hydrogen-bond acceptors (Lipinski definition) is 3. The first kappa shape index (κ1) is 14.0. The van der Waals surface area contributed by atoms with Gasteiger partial charge in [0.2, 0.25) is 0 Å². The minimum Gasteiger partial charge on any atom is -0.481 e.